The number of aryl methyl sites for hydroxylation is 1. The zero-order valence-electron chi connectivity index (χ0n) is 16.3. The Morgan fingerprint density at radius 3 is 2.82 bits per heavy atom. The molecule has 1 spiro atoms. The monoisotopic (exact) mass is 380 g/mol. The number of pyridine rings is 1. The van der Waals surface area contributed by atoms with Crippen LogP contribution in [-0.2, 0) is 19.5 Å². The summed E-state index contributed by atoms with van der Waals surface area (Å²) in [5.74, 6) is 2.09. The summed E-state index contributed by atoms with van der Waals surface area (Å²) in [6.45, 7) is 4.81. The van der Waals surface area contributed by atoms with Crippen LogP contribution in [0.25, 0.3) is 0 Å². The van der Waals surface area contributed by atoms with Gasteiger partial charge in [-0.25, -0.2) is 0 Å². The molecule has 1 saturated heterocycles. The molecule has 5 rings (SSSR count). The second kappa shape index (κ2) is 7.28. The molecule has 0 unspecified atom stereocenters. The van der Waals surface area contributed by atoms with Crippen LogP contribution in [0.3, 0.4) is 0 Å². The molecule has 0 radical (unpaired) electrons. The molecule has 28 heavy (non-hydrogen) atoms. The Balaban J connectivity index is 1.23. The number of carbonyl (C=O) groups excluding carboxylic acids is 1. The van der Waals surface area contributed by atoms with Gasteiger partial charge < -0.3 is 9.88 Å². The maximum Gasteiger partial charge on any atom is 0.289 e. The summed E-state index contributed by atoms with van der Waals surface area (Å²) in [7, 11) is 0. The van der Waals surface area contributed by atoms with Gasteiger partial charge in [0.05, 0.1) is 0 Å². The number of rotatable bonds is 5. The first-order valence-electron chi connectivity index (χ1n) is 10.5. The van der Waals surface area contributed by atoms with Crippen LogP contribution in [0, 0.1) is 11.3 Å². The summed E-state index contributed by atoms with van der Waals surface area (Å²) in [5, 5.41) is 11.6. The SMILES string of the molecule is O=C(NCC1CC1)c1nnc2n1CC1(CC2)CCN(Cc2cccnc2)CC1. The molecule has 2 aliphatic heterocycles. The molecular formula is C21H28N6O. The summed E-state index contributed by atoms with van der Waals surface area (Å²) >= 11 is 0. The third-order valence-electron chi connectivity index (χ3n) is 6.70. The Hall–Kier alpha value is -2.28. The molecule has 148 valence electrons. The maximum absolute atomic E-state index is 12.6. The van der Waals surface area contributed by atoms with Gasteiger partial charge in [0, 0.05) is 38.4 Å². The van der Waals surface area contributed by atoms with Crippen molar-refractivity contribution >= 4 is 5.91 Å². The molecule has 0 aromatic carbocycles. The number of fused-ring (bicyclic) bond motifs is 1. The number of likely N-dealkylation sites (tertiary alicyclic amines) is 1. The zero-order valence-corrected chi connectivity index (χ0v) is 16.3. The average molecular weight is 380 g/mol. The molecule has 3 aliphatic rings. The van der Waals surface area contributed by atoms with Crippen LogP contribution in [0.4, 0.5) is 0 Å². The van der Waals surface area contributed by atoms with E-state index in [2.05, 4.69) is 36.0 Å². The number of aromatic nitrogens is 4. The van der Waals surface area contributed by atoms with Gasteiger partial charge in [-0.1, -0.05) is 6.07 Å². The largest absolute Gasteiger partial charge is 0.349 e. The van der Waals surface area contributed by atoms with Gasteiger partial charge in [0.15, 0.2) is 0 Å². The smallest absolute Gasteiger partial charge is 0.289 e. The first-order chi connectivity index (χ1) is 13.7. The first-order valence-corrected chi connectivity index (χ1v) is 10.5. The van der Waals surface area contributed by atoms with E-state index in [-0.39, 0.29) is 11.3 Å². The highest BCUT2D eigenvalue weighted by Crippen LogP contribution is 2.41. The van der Waals surface area contributed by atoms with Crippen LogP contribution >= 0.6 is 0 Å². The Kier molecular flexibility index (Phi) is 4.62. The number of piperidine rings is 1. The Morgan fingerprint density at radius 2 is 2.07 bits per heavy atom. The second-order valence-corrected chi connectivity index (χ2v) is 8.82. The van der Waals surface area contributed by atoms with E-state index in [0.29, 0.717) is 11.7 Å². The molecule has 0 atom stereocenters. The topological polar surface area (TPSA) is 75.9 Å². The molecule has 1 saturated carbocycles. The highest BCUT2D eigenvalue weighted by Gasteiger charge is 2.40. The van der Waals surface area contributed by atoms with Gasteiger partial charge in [0.2, 0.25) is 5.82 Å². The molecule has 1 amide bonds. The first kappa shape index (κ1) is 17.8. The van der Waals surface area contributed by atoms with E-state index in [9.17, 15) is 4.79 Å². The van der Waals surface area contributed by atoms with Crippen molar-refractivity contribution < 1.29 is 4.79 Å². The fourth-order valence-corrected chi connectivity index (χ4v) is 4.63. The molecule has 1 N–H and O–H groups in total. The van der Waals surface area contributed by atoms with Crippen LogP contribution in [0.2, 0.25) is 0 Å². The minimum Gasteiger partial charge on any atom is -0.349 e. The Labute approximate surface area is 165 Å². The summed E-state index contributed by atoms with van der Waals surface area (Å²) in [4.78, 5) is 19.3. The summed E-state index contributed by atoms with van der Waals surface area (Å²) in [5.41, 5.74) is 1.55. The van der Waals surface area contributed by atoms with Crippen LogP contribution in [0.5, 0.6) is 0 Å². The van der Waals surface area contributed by atoms with Gasteiger partial charge in [-0.3, -0.25) is 14.7 Å². The highest BCUT2D eigenvalue weighted by molar-refractivity contribution is 5.90. The molecule has 2 fully saturated rings. The van der Waals surface area contributed by atoms with Crippen molar-refractivity contribution in [3.05, 3.63) is 41.7 Å². The van der Waals surface area contributed by atoms with Crippen molar-refractivity contribution in [3.8, 4) is 0 Å². The lowest BCUT2D eigenvalue weighted by Gasteiger charge is -2.44. The number of hydrogen-bond donors (Lipinski definition) is 1. The van der Waals surface area contributed by atoms with Crippen molar-refractivity contribution in [2.24, 2.45) is 11.3 Å². The number of nitrogens with one attached hydrogen (secondary N) is 1. The van der Waals surface area contributed by atoms with Crippen molar-refractivity contribution in [2.45, 2.75) is 51.6 Å². The van der Waals surface area contributed by atoms with Crippen LogP contribution in [-0.4, -0.2) is 50.2 Å². The lowest BCUT2D eigenvalue weighted by Crippen LogP contribution is -2.44. The maximum atomic E-state index is 12.6. The summed E-state index contributed by atoms with van der Waals surface area (Å²) < 4.78 is 2.10. The second-order valence-electron chi connectivity index (χ2n) is 8.82. The lowest BCUT2D eigenvalue weighted by molar-refractivity contribution is 0.0617. The Morgan fingerprint density at radius 1 is 1.21 bits per heavy atom. The van der Waals surface area contributed by atoms with Crippen LogP contribution in [0.15, 0.2) is 24.5 Å². The van der Waals surface area contributed by atoms with Crippen molar-refractivity contribution in [1.82, 2.24) is 30.0 Å². The van der Waals surface area contributed by atoms with Gasteiger partial charge in [-0.15, -0.1) is 10.2 Å². The number of carbonyl (C=O) groups is 1. The molecule has 2 aromatic rings. The molecule has 4 heterocycles. The third-order valence-corrected chi connectivity index (χ3v) is 6.70. The van der Waals surface area contributed by atoms with E-state index >= 15 is 0 Å². The molecule has 7 nitrogen and oxygen atoms in total. The van der Waals surface area contributed by atoms with Crippen molar-refractivity contribution in [2.75, 3.05) is 19.6 Å². The number of amides is 1. The third kappa shape index (κ3) is 3.68. The van der Waals surface area contributed by atoms with E-state index in [1.54, 1.807) is 0 Å². The normalized spacial score (nSPS) is 21.4. The quantitative estimate of drug-likeness (QED) is 0.859. The highest BCUT2D eigenvalue weighted by atomic mass is 16.2. The summed E-state index contributed by atoms with van der Waals surface area (Å²) in [6, 6.07) is 4.15. The van der Waals surface area contributed by atoms with Gasteiger partial charge >= 0.3 is 0 Å². The minimum atomic E-state index is -0.0586. The fourth-order valence-electron chi connectivity index (χ4n) is 4.63. The van der Waals surface area contributed by atoms with E-state index in [4.69, 9.17) is 0 Å². The van der Waals surface area contributed by atoms with Crippen molar-refractivity contribution in [1.29, 1.82) is 0 Å². The molecule has 7 heteroatoms. The lowest BCUT2D eigenvalue weighted by atomic mass is 9.73. The average Bonchev–Trinajstić information content (AvgIpc) is 3.47. The minimum absolute atomic E-state index is 0.0586. The van der Waals surface area contributed by atoms with Crippen LogP contribution in [0.1, 0.15) is 54.1 Å². The number of nitrogens with zero attached hydrogens (tertiary/aromatic N) is 5. The predicted molar refractivity (Wildman–Crippen MR) is 105 cm³/mol. The molecule has 0 bridgehead atoms. The Bertz CT molecular complexity index is 836. The molecule has 1 aliphatic carbocycles. The number of hydrogen-bond acceptors (Lipinski definition) is 5. The van der Waals surface area contributed by atoms with Crippen LogP contribution < -0.4 is 5.32 Å². The molecule has 2 aromatic heterocycles. The van der Waals surface area contributed by atoms with Gasteiger partial charge in [0.25, 0.3) is 5.91 Å². The van der Waals surface area contributed by atoms with Gasteiger partial charge in [-0.2, -0.15) is 0 Å². The standard InChI is InChI=1S/C21H28N6O/c28-20(23-13-16-3-4-16)19-25-24-18-5-6-21(15-27(18)19)7-10-26(11-8-21)14-17-2-1-9-22-12-17/h1-2,9,12,16H,3-8,10-11,13-15H2,(H,23,28). The van der Waals surface area contributed by atoms with E-state index in [1.165, 1.54) is 18.4 Å². The zero-order chi connectivity index (χ0) is 19.0. The van der Waals surface area contributed by atoms with E-state index < -0.39 is 0 Å². The van der Waals surface area contributed by atoms with Crippen molar-refractivity contribution in [3.63, 3.8) is 0 Å². The van der Waals surface area contributed by atoms with Gasteiger partial charge in [0.1, 0.15) is 5.82 Å². The van der Waals surface area contributed by atoms with E-state index in [1.807, 2.05) is 18.5 Å². The van der Waals surface area contributed by atoms with E-state index in [0.717, 1.165) is 64.2 Å². The summed E-state index contributed by atoms with van der Waals surface area (Å²) in [6.07, 6.45) is 10.6. The van der Waals surface area contributed by atoms with Gasteiger partial charge in [-0.05, 0) is 68.2 Å². The predicted octanol–water partition coefficient (Wildman–Crippen LogP) is 2.04. The fraction of sp³-hybridized carbons (Fsp3) is 0.619. The molecular weight excluding hydrogens is 352 g/mol.